The first-order valence-electron chi connectivity index (χ1n) is 8.67. The van der Waals surface area contributed by atoms with Gasteiger partial charge in [-0.25, -0.2) is 0 Å². The molecular formula is C20H18N4O3. The van der Waals surface area contributed by atoms with E-state index in [1.165, 1.54) is 0 Å². The molecule has 27 heavy (non-hydrogen) atoms. The molecule has 2 heterocycles. The fourth-order valence-electron chi connectivity index (χ4n) is 3.22. The molecule has 0 spiro atoms. The van der Waals surface area contributed by atoms with Crippen molar-refractivity contribution in [1.29, 1.82) is 0 Å². The molecule has 4 rings (SSSR count). The van der Waals surface area contributed by atoms with Crippen LogP contribution in [-0.2, 0) is 4.79 Å². The molecule has 0 radical (unpaired) electrons. The number of hydrogen-bond acceptors (Lipinski definition) is 5. The van der Waals surface area contributed by atoms with Crippen LogP contribution in [0.25, 0.3) is 11.5 Å². The standard InChI is InChI=1S/C20H18N4O3/c1-13-22-23-19(27-13)15-8-5-9-16(12-15)20(26)24-11-10-21-18(25)17(24)14-6-3-2-4-7-14/h2-9,12,17H,10-11H2,1H3,(H,21,25)/t17-/m0/s1. The summed E-state index contributed by atoms with van der Waals surface area (Å²) in [4.78, 5) is 27.3. The summed E-state index contributed by atoms with van der Waals surface area (Å²) in [5.41, 5.74) is 1.92. The molecule has 7 nitrogen and oxygen atoms in total. The number of carbonyl (C=O) groups excluding carboxylic acids is 2. The van der Waals surface area contributed by atoms with Crippen molar-refractivity contribution in [2.45, 2.75) is 13.0 Å². The normalized spacial score (nSPS) is 16.9. The molecule has 7 heteroatoms. The molecule has 1 saturated heterocycles. The lowest BCUT2D eigenvalue weighted by atomic mass is 10.0. The number of benzene rings is 2. The second-order valence-corrected chi connectivity index (χ2v) is 6.31. The lowest BCUT2D eigenvalue weighted by molar-refractivity contribution is -0.128. The van der Waals surface area contributed by atoms with E-state index in [1.54, 1.807) is 36.1 Å². The van der Waals surface area contributed by atoms with E-state index in [0.717, 1.165) is 5.56 Å². The summed E-state index contributed by atoms with van der Waals surface area (Å²) in [6.45, 7) is 2.58. The lowest BCUT2D eigenvalue weighted by Gasteiger charge is -2.35. The van der Waals surface area contributed by atoms with Crippen molar-refractivity contribution in [2.24, 2.45) is 0 Å². The minimum atomic E-state index is -0.651. The molecule has 1 atom stereocenters. The first-order valence-corrected chi connectivity index (χ1v) is 8.67. The van der Waals surface area contributed by atoms with Gasteiger partial charge in [0.25, 0.3) is 5.91 Å². The van der Waals surface area contributed by atoms with Gasteiger partial charge in [-0.3, -0.25) is 9.59 Å². The number of nitrogens with one attached hydrogen (secondary N) is 1. The summed E-state index contributed by atoms with van der Waals surface area (Å²) in [6.07, 6.45) is 0. The van der Waals surface area contributed by atoms with Crippen LogP contribution in [0.4, 0.5) is 0 Å². The molecule has 1 aliphatic rings. The van der Waals surface area contributed by atoms with Crippen LogP contribution >= 0.6 is 0 Å². The predicted molar refractivity (Wildman–Crippen MR) is 97.7 cm³/mol. The number of amides is 2. The third-order valence-electron chi connectivity index (χ3n) is 4.47. The van der Waals surface area contributed by atoms with Crippen LogP contribution in [0, 0.1) is 6.92 Å². The van der Waals surface area contributed by atoms with Crippen LogP contribution in [0.5, 0.6) is 0 Å². The van der Waals surface area contributed by atoms with Crippen molar-refractivity contribution >= 4 is 11.8 Å². The van der Waals surface area contributed by atoms with Crippen LogP contribution in [0.1, 0.15) is 27.9 Å². The number of aryl methyl sites for hydroxylation is 1. The molecule has 1 aliphatic heterocycles. The van der Waals surface area contributed by atoms with Gasteiger partial charge in [-0.2, -0.15) is 0 Å². The fraction of sp³-hybridized carbons (Fsp3) is 0.200. The van der Waals surface area contributed by atoms with Crippen molar-refractivity contribution in [3.8, 4) is 11.5 Å². The summed E-state index contributed by atoms with van der Waals surface area (Å²) < 4.78 is 5.45. The number of piperazine rings is 1. The van der Waals surface area contributed by atoms with Crippen molar-refractivity contribution < 1.29 is 14.0 Å². The Kier molecular flexibility index (Phi) is 4.42. The Bertz CT molecular complexity index is 984. The fourth-order valence-corrected chi connectivity index (χ4v) is 3.22. The molecule has 0 saturated carbocycles. The highest BCUT2D eigenvalue weighted by molar-refractivity contribution is 5.99. The van der Waals surface area contributed by atoms with E-state index in [1.807, 2.05) is 30.3 Å². The van der Waals surface area contributed by atoms with Crippen LogP contribution in [0.15, 0.2) is 59.0 Å². The smallest absolute Gasteiger partial charge is 0.254 e. The lowest BCUT2D eigenvalue weighted by Crippen LogP contribution is -2.52. The van der Waals surface area contributed by atoms with Gasteiger partial charge in [-0.15, -0.1) is 10.2 Å². The van der Waals surface area contributed by atoms with E-state index in [4.69, 9.17) is 4.42 Å². The third kappa shape index (κ3) is 3.31. The largest absolute Gasteiger partial charge is 0.421 e. The van der Waals surface area contributed by atoms with Crippen LogP contribution in [0.2, 0.25) is 0 Å². The first-order chi connectivity index (χ1) is 13.1. The number of nitrogens with zero attached hydrogens (tertiary/aromatic N) is 3. The number of rotatable bonds is 3. The van der Waals surface area contributed by atoms with Crippen molar-refractivity contribution in [3.05, 3.63) is 71.6 Å². The van der Waals surface area contributed by atoms with Gasteiger partial charge in [0.05, 0.1) is 0 Å². The van der Waals surface area contributed by atoms with Gasteiger partial charge in [0.1, 0.15) is 6.04 Å². The quantitative estimate of drug-likeness (QED) is 0.773. The summed E-state index contributed by atoms with van der Waals surface area (Å²) in [7, 11) is 0. The summed E-state index contributed by atoms with van der Waals surface area (Å²) >= 11 is 0. The average molecular weight is 362 g/mol. The Balaban J connectivity index is 1.67. The Hall–Kier alpha value is -3.48. The van der Waals surface area contributed by atoms with E-state index in [0.29, 0.717) is 36.0 Å². The van der Waals surface area contributed by atoms with Gasteiger partial charge in [-0.05, 0) is 23.8 Å². The van der Waals surface area contributed by atoms with Crippen molar-refractivity contribution in [1.82, 2.24) is 20.4 Å². The maximum atomic E-state index is 13.2. The second-order valence-electron chi connectivity index (χ2n) is 6.31. The van der Waals surface area contributed by atoms with Gasteiger partial charge in [0.15, 0.2) is 0 Å². The maximum Gasteiger partial charge on any atom is 0.254 e. The van der Waals surface area contributed by atoms with Crippen molar-refractivity contribution in [2.75, 3.05) is 13.1 Å². The van der Waals surface area contributed by atoms with E-state index < -0.39 is 6.04 Å². The zero-order valence-electron chi connectivity index (χ0n) is 14.8. The third-order valence-corrected chi connectivity index (χ3v) is 4.47. The number of aromatic nitrogens is 2. The van der Waals surface area contributed by atoms with Crippen LogP contribution in [0.3, 0.4) is 0 Å². The molecule has 1 fully saturated rings. The zero-order valence-corrected chi connectivity index (χ0v) is 14.8. The summed E-state index contributed by atoms with van der Waals surface area (Å²) in [6, 6.07) is 15.7. The zero-order chi connectivity index (χ0) is 18.8. The summed E-state index contributed by atoms with van der Waals surface area (Å²) in [5, 5.41) is 10.7. The van der Waals surface area contributed by atoms with Gasteiger partial charge in [-0.1, -0.05) is 36.4 Å². The Morgan fingerprint density at radius 3 is 2.70 bits per heavy atom. The molecule has 3 aromatic rings. The molecule has 136 valence electrons. The van der Waals surface area contributed by atoms with Gasteiger partial charge >= 0.3 is 0 Å². The summed E-state index contributed by atoms with van der Waals surface area (Å²) in [5.74, 6) is 0.429. The highest BCUT2D eigenvalue weighted by atomic mass is 16.4. The molecule has 0 aliphatic carbocycles. The molecule has 0 unspecified atom stereocenters. The minimum absolute atomic E-state index is 0.176. The second kappa shape index (κ2) is 7.03. The molecule has 0 bridgehead atoms. The van der Waals surface area contributed by atoms with Crippen LogP contribution in [-0.4, -0.2) is 40.0 Å². The topological polar surface area (TPSA) is 88.3 Å². The van der Waals surface area contributed by atoms with Gasteiger partial charge < -0.3 is 14.6 Å². The first kappa shape index (κ1) is 17.0. The van der Waals surface area contributed by atoms with E-state index in [2.05, 4.69) is 15.5 Å². The number of hydrogen-bond donors (Lipinski definition) is 1. The molecule has 1 aromatic heterocycles. The van der Waals surface area contributed by atoms with E-state index in [-0.39, 0.29) is 11.8 Å². The van der Waals surface area contributed by atoms with Crippen LogP contribution < -0.4 is 5.32 Å². The molecule has 2 amide bonds. The van der Waals surface area contributed by atoms with E-state index >= 15 is 0 Å². The monoisotopic (exact) mass is 362 g/mol. The minimum Gasteiger partial charge on any atom is -0.421 e. The molecule has 1 N–H and O–H groups in total. The van der Waals surface area contributed by atoms with Gasteiger partial charge in [0, 0.05) is 31.1 Å². The van der Waals surface area contributed by atoms with Crippen molar-refractivity contribution in [3.63, 3.8) is 0 Å². The van der Waals surface area contributed by atoms with Gasteiger partial charge in [0.2, 0.25) is 17.7 Å². The Labute approximate surface area is 156 Å². The Morgan fingerprint density at radius 1 is 1.15 bits per heavy atom. The highest BCUT2D eigenvalue weighted by Crippen LogP contribution is 2.26. The SMILES string of the molecule is Cc1nnc(-c2cccc(C(=O)N3CCNC(=O)[C@@H]3c3ccccc3)c2)o1. The maximum absolute atomic E-state index is 13.2. The molecule has 2 aromatic carbocycles. The predicted octanol–water partition coefficient (Wildman–Crippen LogP) is 2.36. The van der Waals surface area contributed by atoms with E-state index in [9.17, 15) is 9.59 Å². The highest BCUT2D eigenvalue weighted by Gasteiger charge is 2.34. The molecular weight excluding hydrogens is 344 g/mol. The number of carbonyl (C=O) groups is 2. The Morgan fingerprint density at radius 2 is 1.96 bits per heavy atom. The average Bonchev–Trinajstić information content (AvgIpc) is 3.14.